The number of ether oxygens (including phenoxy) is 3. The molecular weight excluding hydrogens is 508 g/mol. The summed E-state index contributed by atoms with van der Waals surface area (Å²) in [5.74, 6) is 1.36. The molecular formula is C28H31ClN4O5. The van der Waals surface area contributed by atoms with Crippen LogP contribution in [0.1, 0.15) is 49.4 Å². The molecule has 1 saturated heterocycles. The number of para-hydroxylation sites is 1. The standard InChI is InChI=1S/C28H31ClN4O5/c1-36-24-16-19(15-22(29)26(24)38-18-25(34)32-11-13-37-14-12-32)17-30-33-27(20-7-3-2-4-8-20)31-23-10-6-5-9-21(23)28(33)35/h5-6,9-10,15-17,20H,2-4,7-8,11-14,18H2,1H3. The second-order valence-electron chi connectivity index (χ2n) is 9.50. The minimum atomic E-state index is -0.202. The second-order valence-corrected chi connectivity index (χ2v) is 9.91. The fourth-order valence-corrected chi connectivity index (χ4v) is 5.27. The van der Waals surface area contributed by atoms with Gasteiger partial charge in [0.2, 0.25) is 0 Å². The van der Waals surface area contributed by atoms with E-state index >= 15 is 0 Å². The summed E-state index contributed by atoms with van der Waals surface area (Å²) in [6.45, 7) is 1.94. The van der Waals surface area contributed by atoms with E-state index in [9.17, 15) is 9.59 Å². The molecule has 0 radical (unpaired) electrons. The molecule has 0 atom stereocenters. The van der Waals surface area contributed by atoms with Gasteiger partial charge in [-0.3, -0.25) is 9.59 Å². The van der Waals surface area contributed by atoms with Crippen molar-refractivity contribution >= 4 is 34.6 Å². The van der Waals surface area contributed by atoms with Crippen molar-refractivity contribution in [1.82, 2.24) is 14.6 Å². The lowest BCUT2D eigenvalue weighted by Gasteiger charge is -2.26. The summed E-state index contributed by atoms with van der Waals surface area (Å²) in [7, 11) is 1.50. The number of nitrogens with zero attached hydrogens (tertiary/aromatic N) is 4. The van der Waals surface area contributed by atoms with Crippen LogP contribution < -0.4 is 15.0 Å². The van der Waals surface area contributed by atoms with E-state index < -0.39 is 0 Å². The van der Waals surface area contributed by atoms with Crippen LogP contribution in [0, 0.1) is 0 Å². The number of methoxy groups -OCH3 is 1. The fraction of sp³-hybridized carbons (Fsp3) is 0.429. The molecule has 9 nitrogen and oxygen atoms in total. The van der Waals surface area contributed by atoms with Gasteiger partial charge in [-0.05, 0) is 42.7 Å². The zero-order valence-electron chi connectivity index (χ0n) is 21.4. The Bertz CT molecular complexity index is 1390. The summed E-state index contributed by atoms with van der Waals surface area (Å²) < 4.78 is 18.0. The van der Waals surface area contributed by atoms with E-state index in [2.05, 4.69) is 5.10 Å². The molecule has 1 amide bonds. The minimum Gasteiger partial charge on any atom is -0.493 e. The Balaban J connectivity index is 1.42. The summed E-state index contributed by atoms with van der Waals surface area (Å²) in [5, 5.41) is 5.37. The number of aromatic nitrogens is 2. The number of halogens is 1. The number of hydrogen-bond donors (Lipinski definition) is 0. The third-order valence-electron chi connectivity index (χ3n) is 7.03. The predicted octanol–water partition coefficient (Wildman–Crippen LogP) is 4.23. The third-order valence-corrected chi connectivity index (χ3v) is 7.31. The molecule has 2 aliphatic rings. The quantitative estimate of drug-likeness (QED) is 0.418. The number of hydrogen-bond acceptors (Lipinski definition) is 7. The Hall–Kier alpha value is -3.43. The van der Waals surface area contributed by atoms with Crippen LogP contribution in [0.15, 0.2) is 46.3 Å². The molecule has 1 aliphatic carbocycles. The molecule has 2 heterocycles. The van der Waals surface area contributed by atoms with Gasteiger partial charge in [-0.15, -0.1) is 0 Å². The van der Waals surface area contributed by atoms with Crippen molar-refractivity contribution in [3.8, 4) is 11.5 Å². The summed E-state index contributed by atoms with van der Waals surface area (Å²) >= 11 is 6.53. The SMILES string of the molecule is COc1cc(C=Nn2c(C3CCCCC3)nc3ccccc3c2=O)cc(Cl)c1OCC(=O)N1CCOCC1. The molecule has 0 unspecified atom stereocenters. The number of morpholine rings is 1. The smallest absolute Gasteiger partial charge is 0.282 e. The molecule has 10 heteroatoms. The van der Waals surface area contributed by atoms with E-state index in [1.807, 2.05) is 18.2 Å². The maximum absolute atomic E-state index is 13.4. The first-order chi connectivity index (χ1) is 18.5. The van der Waals surface area contributed by atoms with Crippen LogP contribution >= 0.6 is 11.6 Å². The molecule has 200 valence electrons. The van der Waals surface area contributed by atoms with E-state index in [1.165, 1.54) is 18.2 Å². The highest BCUT2D eigenvalue weighted by atomic mass is 35.5. The van der Waals surface area contributed by atoms with Crippen molar-refractivity contribution in [3.63, 3.8) is 0 Å². The van der Waals surface area contributed by atoms with Gasteiger partial charge in [-0.25, -0.2) is 4.98 Å². The topological polar surface area (TPSA) is 95.2 Å². The zero-order chi connectivity index (χ0) is 26.5. The largest absolute Gasteiger partial charge is 0.493 e. The van der Waals surface area contributed by atoms with Crippen LogP contribution in [-0.2, 0) is 9.53 Å². The number of carbonyl (C=O) groups is 1. The van der Waals surface area contributed by atoms with Gasteiger partial charge >= 0.3 is 0 Å². The molecule has 3 aromatic rings. The van der Waals surface area contributed by atoms with Gasteiger partial charge < -0.3 is 19.1 Å². The molecule has 2 fully saturated rings. The summed E-state index contributed by atoms with van der Waals surface area (Å²) in [6, 6.07) is 10.7. The van der Waals surface area contributed by atoms with Crippen molar-refractivity contribution < 1.29 is 19.0 Å². The van der Waals surface area contributed by atoms with Crippen LogP contribution in [0.2, 0.25) is 5.02 Å². The normalized spacial score (nSPS) is 16.7. The Kier molecular flexibility index (Phi) is 8.24. The predicted molar refractivity (Wildman–Crippen MR) is 146 cm³/mol. The van der Waals surface area contributed by atoms with E-state index in [4.69, 9.17) is 30.8 Å². The highest BCUT2D eigenvalue weighted by Crippen LogP contribution is 2.36. The average Bonchev–Trinajstić information content (AvgIpc) is 2.96. The lowest BCUT2D eigenvalue weighted by atomic mass is 9.88. The monoisotopic (exact) mass is 538 g/mol. The number of rotatable bonds is 7. The van der Waals surface area contributed by atoms with Gasteiger partial charge in [0.05, 0.1) is 42.5 Å². The lowest BCUT2D eigenvalue weighted by Crippen LogP contribution is -2.43. The summed E-state index contributed by atoms with van der Waals surface area (Å²) in [4.78, 5) is 32.5. The first kappa shape index (κ1) is 26.2. The number of benzene rings is 2. The first-order valence-electron chi connectivity index (χ1n) is 13.0. The van der Waals surface area contributed by atoms with Crippen LogP contribution in [0.4, 0.5) is 0 Å². The highest BCUT2D eigenvalue weighted by Gasteiger charge is 2.23. The highest BCUT2D eigenvalue weighted by molar-refractivity contribution is 6.32. The molecule has 2 aromatic carbocycles. The first-order valence-corrected chi connectivity index (χ1v) is 13.3. The minimum absolute atomic E-state index is 0.143. The molecule has 5 rings (SSSR count). The van der Waals surface area contributed by atoms with Crippen molar-refractivity contribution in [1.29, 1.82) is 0 Å². The van der Waals surface area contributed by atoms with Crippen molar-refractivity contribution in [3.05, 3.63) is 63.2 Å². The molecule has 1 aliphatic heterocycles. The van der Waals surface area contributed by atoms with Crippen LogP contribution in [-0.4, -0.2) is 66.7 Å². The van der Waals surface area contributed by atoms with Crippen LogP contribution in [0.3, 0.4) is 0 Å². The van der Waals surface area contributed by atoms with Crippen molar-refractivity contribution in [2.45, 2.75) is 38.0 Å². The molecule has 1 aromatic heterocycles. The Morgan fingerprint density at radius 3 is 2.71 bits per heavy atom. The van der Waals surface area contributed by atoms with E-state index in [1.54, 1.807) is 29.3 Å². The van der Waals surface area contributed by atoms with Gasteiger partial charge in [0, 0.05) is 19.0 Å². The van der Waals surface area contributed by atoms with Gasteiger partial charge in [0.25, 0.3) is 11.5 Å². The zero-order valence-corrected chi connectivity index (χ0v) is 22.2. The fourth-order valence-electron chi connectivity index (χ4n) is 4.99. The molecule has 1 saturated carbocycles. The number of amides is 1. The molecule has 0 N–H and O–H groups in total. The second kappa shape index (κ2) is 12.0. The third kappa shape index (κ3) is 5.68. The van der Waals surface area contributed by atoms with Crippen LogP contribution in [0.5, 0.6) is 11.5 Å². The number of carbonyl (C=O) groups excluding carboxylic acids is 1. The van der Waals surface area contributed by atoms with Gasteiger partial charge in [0.1, 0.15) is 5.82 Å². The van der Waals surface area contributed by atoms with E-state index in [0.717, 1.165) is 25.7 Å². The van der Waals surface area contributed by atoms with Gasteiger partial charge in [-0.1, -0.05) is 43.0 Å². The maximum Gasteiger partial charge on any atom is 0.282 e. The van der Waals surface area contributed by atoms with Gasteiger partial charge in [-0.2, -0.15) is 9.78 Å². The van der Waals surface area contributed by atoms with E-state index in [-0.39, 0.29) is 34.8 Å². The summed E-state index contributed by atoms with van der Waals surface area (Å²) in [6.07, 6.45) is 6.95. The maximum atomic E-state index is 13.4. The molecule has 0 bridgehead atoms. The Morgan fingerprint density at radius 2 is 1.95 bits per heavy atom. The average molecular weight is 539 g/mol. The lowest BCUT2D eigenvalue weighted by molar-refractivity contribution is -0.137. The van der Waals surface area contributed by atoms with Crippen LogP contribution in [0.25, 0.3) is 10.9 Å². The Labute approximate surface area is 226 Å². The molecule has 38 heavy (non-hydrogen) atoms. The molecule has 0 spiro atoms. The van der Waals surface area contributed by atoms with E-state index in [0.29, 0.717) is 54.3 Å². The summed E-state index contributed by atoms with van der Waals surface area (Å²) in [5.41, 5.74) is 1.10. The number of fused-ring (bicyclic) bond motifs is 1. The Morgan fingerprint density at radius 1 is 1.18 bits per heavy atom. The van der Waals surface area contributed by atoms with Gasteiger partial charge in [0.15, 0.2) is 18.1 Å². The van der Waals surface area contributed by atoms with Crippen molar-refractivity contribution in [2.24, 2.45) is 5.10 Å². The van der Waals surface area contributed by atoms with Crippen molar-refractivity contribution in [2.75, 3.05) is 40.0 Å².